The van der Waals surface area contributed by atoms with E-state index in [9.17, 15) is 0 Å². The van der Waals surface area contributed by atoms with Gasteiger partial charge < -0.3 is 4.90 Å². The van der Waals surface area contributed by atoms with E-state index < -0.39 is 0 Å². The van der Waals surface area contributed by atoms with Crippen molar-refractivity contribution in [1.29, 1.82) is 0 Å². The summed E-state index contributed by atoms with van der Waals surface area (Å²) in [5.41, 5.74) is 7.13. The average molecular weight is 370 g/mol. The Morgan fingerprint density at radius 3 is 2.39 bits per heavy atom. The Labute approximate surface area is 170 Å². The fraction of sp³-hybridized carbons (Fsp3) is 0.185. The molecular formula is C27H31N. The van der Waals surface area contributed by atoms with Crippen molar-refractivity contribution < 1.29 is 0 Å². The molecule has 0 spiro atoms. The van der Waals surface area contributed by atoms with Gasteiger partial charge in [-0.05, 0) is 49.5 Å². The van der Waals surface area contributed by atoms with E-state index in [4.69, 9.17) is 0 Å². The van der Waals surface area contributed by atoms with Gasteiger partial charge in [0.2, 0.25) is 0 Å². The van der Waals surface area contributed by atoms with Crippen molar-refractivity contribution in [2.45, 2.75) is 26.7 Å². The first-order chi connectivity index (χ1) is 13.6. The van der Waals surface area contributed by atoms with Gasteiger partial charge in [-0.15, -0.1) is 0 Å². The fourth-order valence-electron chi connectivity index (χ4n) is 3.13. The van der Waals surface area contributed by atoms with Crippen LogP contribution < -0.4 is 4.90 Å². The van der Waals surface area contributed by atoms with E-state index in [0.29, 0.717) is 0 Å². The highest BCUT2D eigenvalue weighted by Crippen LogP contribution is 2.32. The van der Waals surface area contributed by atoms with Gasteiger partial charge >= 0.3 is 0 Å². The van der Waals surface area contributed by atoms with E-state index in [1.807, 2.05) is 19.1 Å². The molecule has 1 heteroatoms. The molecule has 0 aliphatic carbocycles. The predicted octanol–water partition coefficient (Wildman–Crippen LogP) is 7.72. The lowest BCUT2D eigenvalue weighted by Crippen LogP contribution is -2.16. The molecule has 0 saturated carbocycles. The van der Waals surface area contributed by atoms with Crippen LogP contribution in [0.15, 0.2) is 115 Å². The highest BCUT2D eigenvalue weighted by molar-refractivity contribution is 5.79. The van der Waals surface area contributed by atoms with Crippen molar-refractivity contribution in [3.8, 4) is 11.1 Å². The molecular weight excluding hydrogens is 338 g/mol. The SMILES string of the molecule is C=CC(=C\C)/C(C)=C/C=C\CCC(=C)N(C)c1ccccc1-c1ccccc1. The first-order valence-corrected chi connectivity index (χ1v) is 9.77. The minimum absolute atomic E-state index is 0.918. The van der Waals surface area contributed by atoms with Crippen molar-refractivity contribution in [3.63, 3.8) is 0 Å². The van der Waals surface area contributed by atoms with Crippen LogP contribution in [0.1, 0.15) is 26.7 Å². The topological polar surface area (TPSA) is 3.24 Å². The molecule has 0 aliphatic rings. The van der Waals surface area contributed by atoms with Gasteiger partial charge in [-0.2, -0.15) is 0 Å². The summed E-state index contributed by atoms with van der Waals surface area (Å²) >= 11 is 0. The molecule has 0 aromatic heterocycles. The Hall–Kier alpha value is -3.06. The normalized spacial score (nSPS) is 12.2. The maximum atomic E-state index is 4.31. The Morgan fingerprint density at radius 2 is 1.71 bits per heavy atom. The third-order valence-corrected chi connectivity index (χ3v) is 4.89. The summed E-state index contributed by atoms with van der Waals surface area (Å²) in [6.45, 7) is 12.3. The molecule has 2 aromatic rings. The number of para-hydroxylation sites is 1. The second-order valence-electron chi connectivity index (χ2n) is 6.77. The van der Waals surface area contributed by atoms with Crippen molar-refractivity contribution in [1.82, 2.24) is 0 Å². The molecule has 144 valence electrons. The second-order valence-corrected chi connectivity index (χ2v) is 6.77. The van der Waals surface area contributed by atoms with Crippen molar-refractivity contribution in [3.05, 3.63) is 115 Å². The Morgan fingerprint density at radius 1 is 1.04 bits per heavy atom. The number of benzene rings is 2. The zero-order valence-corrected chi connectivity index (χ0v) is 17.4. The molecule has 0 radical (unpaired) electrons. The van der Waals surface area contributed by atoms with Crippen molar-refractivity contribution in [2.75, 3.05) is 11.9 Å². The summed E-state index contributed by atoms with van der Waals surface area (Å²) < 4.78 is 0. The molecule has 0 bridgehead atoms. The molecule has 0 heterocycles. The average Bonchev–Trinajstić information content (AvgIpc) is 2.74. The minimum atomic E-state index is 0.918. The van der Waals surface area contributed by atoms with Gasteiger partial charge in [0.25, 0.3) is 0 Å². The summed E-state index contributed by atoms with van der Waals surface area (Å²) in [7, 11) is 2.10. The zero-order chi connectivity index (χ0) is 20.4. The number of rotatable bonds is 9. The molecule has 0 atom stereocenters. The first kappa shape index (κ1) is 21.2. The summed E-state index contributed by atoms with van der Waals surface area (Å²) in [6.07, 6.45) is 12.3. The van der Waals surface area contributed by atoms with Crippen LogP contribution in [0.5, 0.6) is 0 Å². The Bertz CT molecular complexity index is 881. The predicted molar refractivity (Wildman–Crippen MR) is 126 cm³/mol. The fourth-order valence-corrected chi connectivity index (χ4v) is 3.13. The summed E-state index contributed by atoms with van der Waals surface area (Å²) in [6, 6.07) is 19.0. The number of anilines is 1. The van der Waals surface area contributed by atoms with Gasteiger partial charge in [-0.3, -0.25) is 0 Å². The molecule has 0 unspecified atom stereocenters. The van der Waals surface area contributed by atoms with Gasteiger partial charge in [0.15, 0.2) is 0 Å². The van der Waals surface area contributed by atoms with Crippen LogP contribution in [-0.4, -0.2) is 7.05 Å². The highest BCUT2D eigenvalue weighted by Gasteiger charge is 2.10. The highest BCUT2D eigenvalue weighted by atomic mass is 15.1. The Balaban J connectivity index is 2.02. The largest absolute Gasteiger partial charge is 0.348 e. The number of hydrogen-bond acceptors (Lipinski definition) is 1. The first-order valence-electron chi connectivity index (χ1n) is 9.77. The molecule has 0 fully saturated rings. The third-order valence-electron chi connectivity index (χ3n) is 4.89. The van der Waals surface area contributed by atoms with Crippen LogP contribution in [0.25, 0.3) is 11.1 Å². The lowest BCUT2D eigenvalue weighted by molar-refractivity contribution is 0.916. The van der Waals surface area contributed by atoms with E-state index in [0.717, 1.165) is 18.5 Å². The maximum Gasteiger partial charge on any atom is 0.0485 e. The quantitative estimate of drug-likeness (QED) is 0.409. The van der Waals surface area contributed by atoms with Crippen LogP contribution in [-0.2, 0) is 0 Å². The van der Waals surface area contributed by atoms with Crippen LogP contribution in [0.2, 0.25) is 0 Å². The van der Waals surface area contributed by atoms with Crippen molar-refractivity contribution >= 4 is 5.69 Å². The maximum absolute atomic E-state index is 4.31. The van der Waals surface area contributed by atoms with Gasteiger partial charge in [0.05, 0.1) is 0 Å². The third kappa shape index (κ3) is 5.72. The number of nitrogens with zero attached hydrogens (tertiary/aromatic N) is 1. The Kier molecular flexibility index (Phi) is 8.30. The summed E-state index contributed by atoms with van der Waals surface area (Å²) in [5, 5.41) is 0. The molecule has 1 nitrogen and oxygen atoms in total. The van der Waals surface area contributed by atoms with Gasteiger partial charge in [-0.1, -0.05) is 92.1 Å². The molecule has 0 N–H and O–H groups in total. The minimum Gasteiger partial charge on any atom is -0.348 e. The number of allylic oxidation sites excluding steroid dienone is 8. The van der Waals surface area contributed by atoms with Crippen LogP contribution in [0.3, 0.4) is 0 Å². The van der Waals surface area contributed by atoms with E-state index in [1.54, 1.807) is 0 Å². The van der Waals surface area contributed by atoms with Crippen molar-refractivity contribution in [2.24, 2.45) is 0 Å². The second kappa shape index (κ2) is 10.9. The van der Waals surface area contributed by atoms with E-state index in [-0.39, 0.29) is 0 Å². The summed E-state index contributed by atoms with van der Waals surface area (Å²) in [4.78, 5) is 2.20. The van der Waals surface area contributed by atoms with E-state index in [2.05, 4.69) is 105 Å². The summed E-state index contributed by atoms with van der Waals surface area (Å²) in [5.74, 6) is 0. The number of hydrogen-bond donors (Lipinski definition) is 0. The standard InChI is InChI=1S/C27H31N/c1-6-24(7-2)22(3)16-10-8-11-17-23(4)28(5)27-21-15-14-20-26(27)25-18-12-9-13-19-25/h6-10,12-16,18-21H,1,4,11,17H2,2-3,5H3/b10-8-,22-16+,24-7+. The van der Waals surface area contributed by atoms with Gasteiger partial charge in [-0.25, -0.2) is 0 Å². The molecule has 2 aromatic carbocycles. The molecule has 0 aliphatic heterocycles. The lowest BCUT2D eigenvalue weighted by atomic mass is 10.0. The van der Waals surface area contributed by atoms with E-state index >= 15 is 0 Å². The van der Waals surface area contributed by atoms with Crippen LogP contribution >= 0.6 is 0 Å². The van der Waals surface area contributed by atoms with Crippen LogP contribution in [0, 0.1) is 0 Å². The lowest BCUT2D eigenvalue weighted by Gasteiger charge is -2.24. The van der Waals surface area contributed by atoms with Crippen LogP contribution in [0.4, 0.5) is 5.69 Å². The smallest absolute Gasteiger partial charge is 0.0485 e. The molecule has 28 heavy (non-hydrogen) atoms. The molecule has 0 saturated heterocycles. The molecule has 0 amide bonds. The van der Waals surface area contributed by atoms with Gasteiger partial charge in [0, 0.05) is 24.0 Å². The molecule has 2 rings (SSSR count). The monoisotopic (exact) mass is 369 g/mol. The van der Waals surface area contributed by atoms with Gasteiger partial charge in [0.1, 0.15) is 0 Å². The van der Waals surface area contributed by atoms with E-state index in [1.165, 1.54) is 28.0 Å². The zero-order valence-electron chi connectivity index (χ0n) is 17.4.